The van der Waals surface area contributed by atoms with Gasteiger partial charge in [-0.05, 0) is 18.6 Å². The van der Waals surface area contributed by atoms with E-state index in [1.54, 1.807) is 17.8 Å². The zero-order chi connectivity index (χ0) is 14.0. The first-order chi connectivity index (χ1) is 9.08. The van der Waals surface area contributed by atoms with Gasteiger partial charge in [0.1, 0.15) is 17.4 Å². The third kappa shape index (κ3) is 2.22. The molecule has 2 aromatic rings. The number of rotatable bonds is 3. The van der Waals surface area contributed by atoms with E-state index in [-0.39, 0.29) is 5.56 Å². The van der Waals surface area contributed by atoms with Crippen LogP contribution in [0.2, 0.25) is 0 Å². The molecule has 3 N–H and O–H groups in total. The number of nitriles is 1. The van der Waals surface area contributed by atoms with Gasteiger partial charge in [0.25, 0.3) is 0 Å². The van der Waals surface area contributed by atoms with E-state index in [4.69, 9.17) is 11.0 Å². The maximum Gasteiger partial charge on any atom is 0.152 e. The van der Waals surface area contributed by atoms with Crippen molar-refractivity contribution in [2.24, 2.45) is 7.05 Å². The molecule has 2 rings (SSSR count). The third-order valence-electron chi connectivity index (χ3n) is 2.87. The lowest BCUT2D eigenvalue weighted by Gasteiger charge is -2.09. The summed E-state index contributed by atoms with van der Waals surface area (Å²) in [6, 6.07) is 6.24. The normalized spacial score (nSPS) is 10.2. The molecule has 0 fully saturated rings. The van der Waals surface area contributed by atoms with Gasteiger partial charge in [0, 0.05) is 7.05 Å². The Kier molecular flexibility index (Phi) is 3.38. The molecule has 6 heteroatoms. The van der Waals surface area contributed by atoms with Gasteiger partial charge >= 0.3 is 0 Å². The zero-order valence-corrected chi connectivity index (χ0v) is 10.7. The van der Waals surface area contributed by atoms with Gasteiger partial charge < -0.3 is 11.1 Å². The van der Waals surface area contributed by atoms with Crippen molar-refractivity contribution in [2.45, 2.75) is 13.3 Å². The van der Waals surface area contributed by atoms with E-state index in [2.05, 4.69) is 10.4 Å². The highest BCUT2D eigenvalue weighted by Gasteiger charge is 2.14. The maximum absolute atomic E-state index is 13.5. The van der Waals surface area contributed by atoms with Crippen molar-refractivity contribution in [1.82, 2.24) is 9.78 Å². The molecular formula is C13H14FN5. The van der Waals surface area contributed by atoms with Gasteiger partial charge in [-0.3, -0.25) is 4.68 Å². The predicted molar refractivity (Wildman–Crippen MR) is 71.4 cm³/mol. The molecule has 0 spiro atoms. The minimum atomic E-state index is -0.566. The SMILES string of the molecule is CCc1nn(C)c(Nc2cccc(F)c2C#N)c1N. The van der Waals surface area contributed by atoms with Crippen molar-refractivity contribution in [3.63, 3.8) is 0 Å². The van der Waals surface area contributed by atoms with Crippen LogP contribution in [0.15, 0.2) is 18.2 Å². The number of hydrogen-bond donors (Lipinski definition) is 2. The van der Waals surface area contributed by atoms with Gasteiger partial charge in [0.2, 0.25) is 0 Å². The van der Waals surface area contributed by atoms with Crippen LogP contribution in [-0.4, -0.2) is 9.78 Å². The molecular weight excluding hydrogens is 245 g/mol. The Bertz CT molecular complexity index is 654. The number of aromatic nitrogens is 2. The first kappa shape index (κ1) is 12.9. The van der Waals surface area contributed by atoms with E-state index in [0.717, 1.165) is 5.69 Å². The smallest absolute Gasteiger partial charge is 0.152 e. The number of aryl methyl sites for hydroxylation is 2. The molecule has 0 amide bonds. The molecule has 0 unspecified atom stereocenters. The number of anilines is 3. The molecule has 1 aromatic carbocycles. The summed E-state index contributed by atoms with van der Waals surface area (Å²) in [4.78, 5) is 0. The van der Waals surface area contributed by atoms with Crippen molar-refractivity contribution in [3.05, 3.63) is 35.3 Å². The Morgan fingerprint density at radius 3 is 2.84 bits per heavy atom. The second-order valence-electron chi connectivity index (χ2n) is 4.09. The largest absolute Gasteiger partial charge is 0.394 e. The third-order valence-corrected chi connectivity index (χ3v) is 2.87. The minimum Gasteiger partial charge on any atom is -0.394 e. The van der Waals surface area contributed by atoms with E-state index in [0.29, 0.717) is 23.6 Å². The lowest BCUT2D eigenvalue weighted by molar-refractivity contribution is 0.624. The summed E-state index contributed by atoms with van der Waals surface area (Å²) in [6.07, 6.45) is 0.704. The number of halogens is 1. The maximum atomic E-state index is 13.5. The lowest BCUT2D eigenvalue weighted by Crippen LogP contribution is -2.03. The summed E-state index contributed by atoms with van der Waals surface area (Å²) in [5.41, 5.74) is 7.58. The van der Waals surface area contributed by atoms with Crippen LogP contribution in [0, 0.1) is 17.1 Å². The highest BCUT2D eigenvalue weighted by atomic mass is 19.1. The van der Waals surface area contributed by atoms with Gasteiger partial charge in [0.05, 0.1) is 17.1 Å². The highest BCUT2D eigenvalue weighted by Crippen LogP contribution is 2.28. The summed E-state index contributed by atoms with van der Waals surface area (Å²) < 4.78 is 15.1. The second kappa shape index (κ2) is 4.98. The van der Waals surface area contributed by atoms with Gasteiger partial charge in [0.15, 0.2) is 5.82 Å². The standard InChI is InChI=1S/C13H14FN5/c1-3-10-12(16)13(19(2)18-10)17-11-6-4-5-9(14)8(11)7-15/h4-6,17H,3,16H2,1-2H3. The van der Waals surface area contributed by atoms with Crippen LogP contribution < -0.4 is 11.1 Å². The number of benzene rings is 1. The topological polar surface area (TPSA) is 79.7 Å². The second-order valence-corrected chi connectivity index (χ2v) is 4.09. The van der Waals surface area contributed by atoms with E-state index in [1.807, 2.05) is 13.0 Å². The quantitative estimate of drug-likeness (QED) is 0.886. The number of nitrogens with two attached hydrogens (primary N) is 1. The molecule has 5 nitrogen and oxygen atoms in total. The van der Waals surface area contributed by atoms with Crippen LogP contribution in [0.1, 0.15) is 18.2 Å². The van der Waals surface area contributed by atoms with Crippen LogP contribution >= 0.6 is 0 Å². The van der Waals surface area contributed by atoms with Crippen molar-refractivity contribution in [3.8, 4) is 6.07 Å². The summed E-state index contributed by atoms with van der Waals surface area (Å²) in [6.45, 7) is 1.95. The minimum absolute atomic E-state index is 0.0406. The summed E-state index contributed by atoms with van der Waals surface area (Å²) in [5, 5.41) is 16.2. The molecule has 1 heterocycles. The average molecular weight is 259 g/mol. The van der Waals surface area contributed by atoms with Crippen LogP contribution in [0.4, 0.5) is 21.6 Å². The lowest BCUT2D eigenvalue weighted by atomic mass is 10.2. The molecule has 0 saturated heterocycles. The number of nitrogen functional groups attached to an aromatic ring is 1. The Morgan fingerprint density at radius 1 is 1.53 bits per heavy atom. The van der Waals surface area contributed by atoms with E-state index < -0.39 is 5.82 Å². The molecule has 0 atom stereocenters. The molecule has 0 saturated carbocycles. The molecule has 98 valence electrons. The number of hydrogen-bond acceptors (Lipinski definition) is 4. The van der Waals surface area contributed by atoms with Gasteiger partial charge in [-0.2, -0.15) is 10.4 Å². The molecule has 1 aromatic heterocycles. The first-order valence-electron chi connectivity index (χ1n) is 5.85. The number of nitrogens with one attached hydrogen (secondary N) is 1. The molecule has 0 aliphatic heterocycles. The highest BCUT2D eigenvalue weighted by molar-refractivity contribution is 5.74. The first-order valence-corrected chi connectivity index (χ1v) is 5.85. The van der Waals surface area contributed by atoms with Crippen LogP contribution in [0.5, 0.6) is 0 Å². The average Bonchev–Trinajstić information content (AvgIpc) is 2.66. The van der Waals surface area contributed by atoms with E-state index in [1.165, 1.54) is 12.1 Å². The molecule has 0 radical (unpaired) electrons. The van der Waals surface area contributed by atoms with Crippen molar-refractivity contribution < 1.29 is 4.39 Å². The Hall–Kier alpha value is -2.55. The van der Waals surface area contributed by atoms with Gasteiger partial charge in [-0.25, -0.2) is 4.39 Å². The number of nitrogens with zero attached hydrogens (tertiary/aromatic N) is 3. The zero-order valence-electron chi connectivity index (χ0n) is 10.7. The van der Waals surface area contributed by atoms with Crippen molar-refractivity contribution >= 4 is 17.2 Å². The monoisotopic (exact) mass is 259 g/mol. The van der Waals surface area contributed by atoms with E-state index in [9.17, 15) is 4.39 Å². The fraction of sp³-hybridized carbons (Fsp3) is 0.231. The Labute approximate surface area is 110 Å². The molecule has 19 heavy (non-hydrogen) atoms. The summed E-state index contributed by atoms with van der Waals surface area (Å²) >= 11 is 0. The van der Waals surface area contributed by atoms with Crippen LogP contribution in [0.3, 0.4) is 0 Å². The van der Waals surface area contributed by atoms with Gasteiger partial charge in [-0.15, -0.1) is 0 Å². The summed E-state index contributed by atoms with van der Waals surface area (Å²) in [5.74, 6) is -0.0112. The summed E-state index contributed by atoms with van der Waals surface area (Å²) in [7, 11) is 1.74. The van der Waals surface area contributed by atoms with Crippen molar-refractivity contribution in [2.75, 3.05) is 11.1 Å². The Balaban J connectivity index is 2.46. The fourth-order valence-corrected chi connectivity index (χ4v) is 1.87. The molecule has 0 bridgehead atoms. The fourth-order valence-electron chi connectivity index (χ4n) is 1.87. The van der Waals surface area contributed by atoms with Gasteiger partial charge in [-0.1, -0.05) is 13.0 Å². The molecule has 0 aliphatic carbocycles. The van der Waals surface area contributed by atoms with Crippen LogP contribution in [-0.2, 0) is 13.5 Å². The predicted octanol–water partition coefficient (Wildman–Crippen LogP) is 2.32. The van der Waals surface area contributed by atoms with Crippen LogP contribution in [0.25, 0.3) is 0 Å². The van der Waals surface area contributed by atoms with E-state index >= 15 is 0 Å². The van der Waals surface area contributed by atoms with Crippen molar-refractivity contribution in [1.29, 1.82) is 5.26 Å². The molecule has 0 aliphatic rings. The Morgan fingerprint density at radius 2 is 2.26 bits per heavy atom.